The van der Waals surface area contributed by atoms with Crippen molar-refractivity contribution >= 4 is 50.6 Å². The summed E-state index contributed by atoms with van der Waals surface area (Å²) in [5.41, 5.74) is 0.546. The number of carbonyl (C=O) groups excluding carboxylic acids is 3. The van der Waals surface area contributed by atoms with Crippen LogP contribution >= 0.6 is 7.82 Å². The number of carbonyl (C=O) groups is 3. The van der Waals surface area contributed by atoms with Crippen LogP contribution in [-0.2, 0) is 42.2 Å². The second-order valence-electron chi connectivity index (χ2n) is 8.95. The van der Waals surface area contributed by atoms with Gasteiger partial charge in [0.1, 0.15) is 0 Å². The minimum absolute atomic E-state index is 0.141. The van der Waals surface area contributed by atoms with E-state index in [4.69, 9.17) is 27.8 Å². The van der Waals surface area contributed by atoms with Gasteiger partial charge in [-0.3, -0.25) is 0 Å². The quantitative estimate of drug-likeness (QED) is 0.186. The van der Waals surface area contributed by atoms with Gasteiger partial charge < -0.3 is 0 Å². The summed E-state index contributed by atoms with van der Waals surface area (Å²) in [6.07, 6.45) is 0.482. The number of nitrogens with one attached hydrogen (secondary N) is 2. The first kappa shape index (κ1) is 27.5. The zero-order valence-corrected chi connectivity index (χ0v) is 22.4. The fourth-order valence-corrected chi connectivity index (χ4v) is 6.05. The van der Waals surface area contributed by atoms with Crippen LogP contribution in [0.25, 0.3) is 0 Å². The third-order valence-electron chi connectivity index (χ3n) is 6.02. The molecule has 2 N–H and O–H groups in total. The summed E-state index contributed by atoms with van der Waals surface area (Å²) in [6.45, 7) is 5.18. The van der Waals surface area contributed by atoms with Gasteiger partial charge in [0.05, 0.1) is 0 Å². The maximum atomic E-state index is 12.6. The van der Waals surface area contributed by atoms with Crippen LogP contribution in [0.3, 0.4) is 0 Å². The predicted molar refractivity (Wildman–Crippen MR) is 135 cm³/mol. The van der Waals surface area contributed by atoms with Crippen LogP contribution in [0, 0.1) is 0 Å². The monoisotopic (exact) mass is 541 g/mol. The number of nitrogens with zero attached hydrogens (tertiary/aromatic N) is 3. The summed E-state index contributed by atoms with van der Waals surface area (Å²) >= 11 is 0. The average Bonchev–Trinajstić information content (AvgIpc) is 3.41. The molecular formula is C21H33BN5O9P. The molecule has 0 aromatic carbocycles. The van der Waals surface area contributed by atoms with Crippen LogP contribution in [0.1, 0.15) is 46.5 Å². The first-order valence-corrected chi connectivity index (χ1v) is 14.6. The van der Waals surface area contributed by atoms with Crippen LogP contribution in [0.15, 0.2) is 6.33 Å². The molecule has 2 unspecified atom stereocenters. The Labute approximate surface area is 216 Å². The van der Waals surface area contributed by atoms with Crippen molar-refractivity contribution in [1.82, 2.24) is 9.97 Å². The van der Waals surface area contributed by atoms with E-state index in [0.29, 0.717) is 36.6 Å². The van der Waals surface area contributed by atoms with Crippen molar-refractivity contribution in [2.45, 2.75) is 71.0 Å². The molecule has 0 bridgehead atoms. The standard InChI is InChI=1S/C21H33BN5O9P/c1-4-6-14(29)26-19-16-20(24-9-23-19)27(10-25-16)21-18(35-15(30)7-5-2)17-13(34-21)8-32-37(22,36-17)33-11-31-12(3)28/h9,13,17-18,21,25,37H,4-8,10-11,22H2,1-3H3,(H,23,24,26,29)/t13-,17-,18?,21?/m1/s1. The van der Waals surface area contributed by atoms with E-state index in [1.807, 2.05) is 13.8 Å². The normalized spacial score (nSPS) is 26.4. The first-order valence-electron chi connectivity index (χ1n) is 12.3. The fraction of sp³-hybridized carbons (Fsp3) is 0.667. The molecule has 37 heavy (non-hydrogen) atoms. The molecule has 1 aromatic rings. The van der Waals surface area contributed by atoms with Gasteiger partial charge in [-0.25, -0.2) is 0 Å². The number of hydrogen-bond donors (Lipinski definition) is 2. The Hall–Kier alpha value is -2.58. The van der Waals surface area contributed by atoms with Crippen molar-refractivity contribution in [3.63, 3.8) is 0 Å². The Bertz CT molecular complexity index is 1020. The van der Waals surface area contributed by atoms with E-state index in [9.17, 15) is 14.4 Å². The number of ether oxygens (including phenoxy) is 3. The second-order valence-corrected chi connectivity index (χ2v) is 11.5. The third-order valence-corrected chi connectivity index (χ3v) is 8.05. The van der Waals surface area contributed by atoms with Crippen molar-refractivity contribution in [2.75, 3.05) is 35.6 Å². The summed E-state index contributed by atoms with van der Waals surface area (Å²) in [5.74, 6) is -0.173. The second kappa shape index (κ2) is 11.9. The van der Waals surface area contributed by atoms with Gasteiger partial charge in [-0.1, -0.05) is 6.92 Å². The number of esters is 2. The number of rotatable bonds is 10. The number of aromatic nitrogens is 2. The van der Waals surface area contributed by atoms with Gasteiger partial charge in [-0.15, -0.1) is 0 Å². The molecule has 0 aliphatic carbocycles. The number of anilines is 3. The summed E-state index contributed by atoms with van der Waals surface area (Å²) in [7, 11) is -1.56. The van der Waals surface area contributed by atoms with Gasteiger partial charge in [0, 0.05) is 0 Å². The van der Waals surface area contributed by atoms with Gasteiger partial charge in [-0.05, 0) is 0 Å². The minimum atomic E-state index is -3.23. The van der Waals surface area contributed by atoms with Gasteiger partial charge in [0.15, 0.2) is 0 Å². The number of amides is 1. The van der Waals surface area contributed by atoms with E-state index in [2.05, 4.69) is 20.6 Å². The summed E-state index contributed by atoms with van der Waals surface area (Å²) in [4.78, 5) is 46.3. The summed E-state index contributed by atoms with van der Waals surface area (Å²) < 4.78 is 34.8. The molecule has 4 rings (SSSR count). The molecule has 4 atom stereocenters. The molecule has 2 saturated heterocycles. The van der Waals surface area contributed by atoms with Crippen molar-refractivity contribution < 1.29 is 42.2 Å². The molecule has 204 valence electrons. The summed E-state index contributed by atoms with van der Waals surface area (Å²) in [6, 6.07) is 0. The molecular weight excluding hydrogens is 508 g/mol. The molecule has 14 nitrogen and oxygen atoms in total. The molecule has 2 fully saturated rings. The fourth-order valence-electron chi connectivity index (χ4n) is 4.31. The van der Waals surface area contributed by atoms with Crippen molar-refractivity contribution in [3.05, 3.63) is 6.33 Å². The van der Waals surface area contributed by atoms with Gasteiger partial charge in [0.2, 0.25) is 0 Å². The Morgan fingerprint density at radius 1 is 1.27 bits per heavy atom. The Balaban J connectivity index is 1.56. The molecule has 4 heterocycles. The molecule has 16 heteroatoms. The first-order chi connectivity index (χ1) is 17.7. The molecule has 3 aliphatic heterocycles. The molecule has 0 saturated carbocycles. The molecule has 3 aliphatic rings. The van der Waals surface area contributed by atoms with Crippen molar-refractivity contribution in [3.8, 4) is 0 Å². The van der Waals surface area contributed by atoms with Crippen molar-refractivity contribution in [1.29, 1.82) is 0 Å². The zero-order valence-electron chi connectivity index (χ0n) is 21.4. The van der Waals surface area contributed by atoms with Crippen LogP contribution in [0.4, 0.5) is 17.3 Å². The predicted octanol–water partition coefficient (Wildman–Crippen LogP) is 0.837. The van der Waals surface area contributed by atoms with E-state index < -0.39 is 38.3 Å². The van der Waals surface area contributed by atoms with E-state index in [0.717, 1.165) is 0 Å². The molecule has 1 aromatic heterocycles. The van der Waals surface area contributed by atoms with E-state index >= 15 is 0 Å². The topological polar surface area (TPSA) is 160 Å². The van der Waals surface area contributed by atoms with Crippen LogP contribution < -0.4 is 15.5 Å². The van der Waals surface area contributed by atoms with E-state index in [1.165, 1.54) is 13.3 Å². The Morgan fingerprint density at radius 3 is 2.78 bits per heavy atom. The number of hydrogen-bond acceptors (Lipinski definition) is 13. The third kappa shape index (κ3) is 6.29. The van der Waals surface area contributed by atoms with E-state index in [1.54, 1.807) is 12.5 Å². The van der Waals surface area contributed by atoms with E-state index in [-0.39, 0.29) is 38.4 Å². The van der Waals surface area contributed by atoms with Gasteiger partial charge in [0.25, 0.3) is 0 Å². The summed E-state index contributed by atoms with van der Waals surface area (Å²) in [5, 5.41) is 6.01. The maximum absolute atomic E-state index is 12.6. The van der Waals surface area contributed by atoms with Crippen LogP contribution in [0.5, 0.6) is 0 Å². The van der Waals surface area contributed by atoms with Gasteiger partial charge in [-0.2, -0.15) is 0 Å². The molecule has 0 spiro atoms. The zero-order chi connectivity index (χ0) is 26.6. The average molecular weight is 541 g/mol. The van der Waals surface area contributed by atoms with Crippen LogP contribution in [-0.4, -0.2) is 80.0 Å². The SMILES string of the molecule is B[PH]1(OCOC(C)=O)OC[C@H]2OC(N3CNc4c(NC(=O)CCC)ncnc43)C(OC(=O)CCC)[C@@H]2O1. The number of fused-ring (bicyclic) bond motifs is 2. The van der Waals surface area contributed by atoms with Gasteiger partial charge >= 0.3 is 209 Å². The molecule has 0 radical (unpaired) electrons. The van der Waals surface area contributed by atoms with Crippen molar-refractivity contribution in [2.24, 2.45) is 0 Å². The van der Waals surface area contributed by atoms with Crippen LogP contribution in [0.2, 0.25) is 0 Å². The Morgan fingerprint density at radius 2 is 2.05 bits per heavy atom. The Kier molecular flexibility index (Phi) is 8.80. The molecule has 1 amide bonds.